The zero-order valence-electron chi connectivity index (χ0n) is 28.8. The number of rotatable bonds is 10. The van der Waals surface area contributed by atoms with Gasteiger partial charge in [0.05, 0.1) is 17.4 Å². The van der Waals surface area contributed by atoms with Crippen molar-refractivity contribution in [2.24, 2.45) is 7.05 Å². The van der Waals surface area contributed by atoms with E-state index in [0.717, 1.165) is 60.0 Å². The van der Waals surface area contributed by atoms with E-state index in [2.05, 4.69) is 85.1 Å². The zero-order chi connectivity index (χ0) is 33.1. The van der Waals surface area contributed by atoms with Crippen molar-refractivity contribution in [1.82, 2.24) is 29.4 Å². The lowest BCUT2D eigenvalue weighted by molar-refractivity contribution is 0.0139. The first-order chi connectivity index (χ1) is 21.7. The summed E-state index contributed by atoms with van der Waals surface area (Å²) >= 11 is 0. The van der Waals surface area contributed by atoms with Gasteiger partial charge in [0.15, 0.2) is 0 Å². The van der Waals surface area contributed by atoms with E-state index in [1.807, 2.05) is 49.8 Å². The Hall–Kier alpha value is -3.73. The van der Waals surface area contributed by atoms with E-state index in [0.29, 0.717) is 19.8 Å². The standard InChI is InChI=1S/C36H50N6O3Si/c1-27-21-29(10-11-31(27)25-40-15-17-41(18-16-40)35(43)45-36(2,3)4)30-12-14-34-32(22-30)33(13-9-28-23-37-39(5)24-28)38-42(34)26-44-19-20-46(6,7)8/h9-14,21-24H,15-20,25-26H2,1-8H3/b13-9+. The summed E-state index contributed by atoms with van der Waals surface area (Å²) in [5, 5.41) is 10.3. The molecule has 10 heteroatoms. The maximum absolute atomic E-state index is 12.5. The van der Waals surface area contributed by atoms with Crippen LogP contribution in [0.1, 0.15) is 43.2 Å². The van der Waals surface area contributed by atoms with Crippen LogP contribution in [0.3, 0.4) is 0 Å². The molecule has 2 aromatic heterocycles. The molecule has 0 radical (unpaired) electrons. The smallest absolute Gasteiger partial charge is 0.410 e. The van der Waals surface area contributed by atoms with Gasteiger partial charge in [0.1, 0.15) is 12.3 Å². The average molecular weight is 643 g/mol. The number of piperazine rings is 1. The molecule has 1 saturated heterocycles. The summed E-state index contributed by atoms with van der Waals surface area (Å²) in [6.45, 7) is 20.1. The first kappa shape index (κ1) is 33.6. The van der Waals surface area contributed by atoms with Gasteiger partial charge in [-0.3, -0.25) is 9.58 Å². The largest absolute Gasteiger partial charge is 0.444 e. The number of aryl methyl sites for hydroxylation is 2. The molecule has 9 nitrogen and oxygen atoms in total. The lowest BCUT2D eigenvalue weighted by Gasteiger charge is -2.35. The highest BCUT2D eigenvalue weighted by Gasteiger charge is 2.26. The molecule has 2 aromatic carbocycles. The second-order valence-electron chi connectivity index (χ2n) is 14.6. The van der Waals surface area contributed by atoms with Crippen molar-refractivity contribution in [2.45, 2.75) is 72.3 Å². The Bertz CT molecular complexity index is 1690. The molecule has 1 aliphatic heterocycles. The number of hydrogen-bond acceptors (Lipinski definition) is 6. The van der Waals surface area contributed by atoms with Crippen LogP contribution >= 0.6 is 0 Å². The SMILES string of the molecule is Cc1cc(-c2ccc3c(c2)c(/C=C/c2cnn(C)c2)nn3COCC[Si](C)(C)C)ccc1CN1CCN(C(=O)OC(C)(C)C)CC1. The van der Waals surface area contributed by atoms with Crippen molar-refractivity contribution >= 4 is 37.2 Å². The topological polar surface area (TPSA) is 77.7 Å². The molecule has 1 aliphatic rings. The molecule has 0 saturated carbocycles. The van der Waals surface area contributed by atoms with Crippen LogP contribution in [0, 0.1) is 6.92 Å². The number of benzene rings is 2. The summed E-state index contributed by atoms with van der Waals surface area (Å²) in [6, 6.07) is 14.5. The number of hydrogen-bond donors (Lipinski definition) is 0. The number of amides is 1. The highest BCUT2D eigenvalue weighted by atomic mass is 28.3. The molecule has 0 bridgehead atoms. The quantitative estimate of drug-likeness (QED) is 0.134. The molecular formula is C36H50N6O3Si. The van der Waals surface area contributed by atoms with E-state index < -0.39 is 13.7 Å². The molecule has 3 heterocycles. The van der Waals surface area contributed by atoms with Gasteiger partial charge in [-0.2, -0.15) is 10.2 Å². The van der Waals surface area contributed by atoms with Gasteiger partial charge < -0.3 is 14.4 Å². The third-order valence-electron chi connectivity index (χ3n) is 8.24. The second-order valence-corrected chi connectivity index (χ2v) is 20.3. The second kappa shape index (κ2) is 13.9. The van der Waals surface area contributed by atoms with E-state index in [9.17, 15) is 4.79 Å². The molecule has 0 atom stereocenters. The van der Waals surface area contributed by atoms with E-state index in [4.69, 9.17) is 14.6 Å². The van der Waals surface area contributed by atoms with Crippen LogP contribution in [-0.4, -0.2) is 81.9 Å². The van der Waals surface area contributed by atoms with Crippen LogP contribution in [0.4, 0.5) is 4.79 Å². The van der Waals surface area contributed by atoms with Gasteiger partial charge in [-0.05, 0) is 80.3 Å². The van der Waals surface area contributed by atoms with Crippen LogP contribution in [-0.2, 0) is 29.8 Å². The zero-order valence-corrected chi connectivity index (χ0v) is 29.8. The fourth-order valence-electron chi connectivity index (χ4n) is 5.54. The number of nitrogens with zero attached hydrogens (tertiary/aromatic N) is 6. The maximum Gasteiger partial charge on any atom is 0.410 e. The minimum Gasteiger partial charge on any atom is -0.444 e. The van der Waals surface area contributed by atoms with Crippen LogP contribution < -0.4 is 0 Å². The average Bonchev–Trinajstić information content (AvgIpc) is 3.56. The molecule has 246 valence electrons. The molecular weight excluding hydrogens is 593 g/mol. The summed E-state index contributed by atoms with van der Waals surface area (Å²) in [5.74, 6) is 0. The number of ether oxygens (including phenoxy) is 2. The highest BCUT2D eigenvalue weighted by Crippen LogP contribution is 2.30. The maximum atomic E-state index is 12.5. The van der Waals surface area contributed by atoms with E-state index in [1.165, 1.54) is 16.7 Å². The van der Waals surface area contributed by atoms with Gasteiger partial charge in [0, 0.05) is 71.6 Å². The monoisotopic (exact) mass is 642 g/mol. The minimum atomic E-state index is -1.17. The first-order valence-electron chi connectivity index (χ1n) is 16.3. The molecule has 5 rings (SSSR count). The molecule has 0 unspecified atom stereocenters. The Balaban J connectivity index is 1.31. The molecule has 46 heavy (non-hydrogen) atoms. The third-order valence-corrected chi connectivity index (χ3v) is 9.95. The van der Waals surface area contributed by atoms with Gasteiger partial charge in [0.25, 0.3) is 0 Å². The Kier molecular flexibility index (Phi) is 10.2. The predicted molar refractivity (Wildman–Crippen MR) is 189 cm³/mol. The summed E-state index contributed by atoms with van der Waals surface area (Å²) in [7, 11) is 0.754. The van der Waals surface area contributed by atoms with Crippen LogP contribution in [0.15, 0.2) is 48.8 Å². The summed E-state index contributed by atoms with van der Waals surface area (Å²) in [5.41, 5.74) is 7.43. The van der Waals surface area contributed by atoms with Gasteiger partial charge in [-0.15, -0.1) is 0 Å². The number of aromatic nitrogens is 4. The Morgan fingerprint density at radius 3 is 2.37 bits per heavy atom. The number of carbonyl (C=O) groups is 1. The molecule has 4 aromatic rings. The Morgan fingerprint density at radius 2 is 1.72 bits per heavy atom. The Morgan fingerprint density at radius 1 is 1.00 bits per heavy atom. The minimum absolute atomic E-state index is 0.222. The van der Waals surface area contributed by atoms with Crippen molar-refractivity contribution in [3.63, 3.8) is 0 Å². The van der Waals surface area contributed by atoms with Crippen LogP contribution in [0.25, 0.3) is 34.2 Å². The van der Waals surface area contributed by atoms with E-state index in [1.54, 1.807) is 4.68 Å². The van der Waals surface area contributed by atoms with Crippen molar-refractivity contribution in [3.05, 3.63) is 71.2 Å². The summed E-state index contributed by atoms with van der Waals surface area (Å²) in [4.78, 5) is 16.7. The van der Waals surface area contributed by atoms with Crippen LogP contribution in [0.2, 0.25) is 25.7 Å². The predicted octanol–water partition coefficient (Wildman–Crippen LogP) is 7.28. The highest BCUT2D eigenvalue weighted by molar-refractivity contribution is 6.76. The summed E-state index contributed by atoms with van der Waals surface area (Å²) < 4.78 is 15.4. The van der Waals surface area contributed by atoms with E-state index in [-0.39, 0.29) is 6.09 Å². The molecule has 0 N–H and O–H groups in total. The van der Waals surface area contributed by atoms with E-state index >= 15 is 0 Å². The fraction of sp³-hybridized carbons (Fsp3) is 0.472. The van der Waals surface area contributed by atoms with Crippen molar-refractivity contribution in [3.8, 4) is 11.1 Å². The third kappa shape index (κ3) is 8.95. The molecule has 0 aliphatic carbocycles. The van der Waals surface area contributed by atoms with Gasteiger partial charge in [-0.25, -0.2) is 9.48 Å². The molecule has 1 fully saturated rings. The number of carbonyl (C=O) groups excluding carboxylic acids is 1. The Labute approximate surface area is 274 Å². The normalized spacial score (nSPS) is 14.9. The molecule has 1 amide bonds. The van der Waals surface area contributed by atoms with Gasteiger partial charge >= 0.3 is 6.09 Å². The first-order valence-corrected chi connectivity index (χ1v) is 20.0. The van der Waals surface area contributed by atoms with Gasteiger partial charge in [-0.1, -0.05) is 43.9 Å². The van der Waals surface area contributed by atoms with Crippen molar-refractivity contribution in [2.75, 3.05) is 32.8 Å². The molecule has 0 spiro atoms. The number of fused-ring (bicyclic) bond motifs is 1. The van der Waals surface area contributed by atoms with Crippen molar-refractivity contribution < 1.29 is 14.3 Å². The van der Waals surface area contributed by atoms with Gasteiger partial charge in [0.2, 0.25) is 0 Å². The van der Waals surface area contributed by atoms with Crippen LogP contribution in [0.5, 0.6) is 0 Å². The fourth-order valence-corrected chi connectivity index (χ4v) is 6.30. The lowest BCUT2D eigenvalue weighted by atomic mass is 9.98. The lowest BCUT2D eigenvalue weighted by Crippen LogP contribution is -2.49. The summed E-state index contributed by atoms with van der Waals surface area (Å²) in [6.07, 6.45) is 7.75. The van der Waals surface area contributed by atoms with Crippen molar-refractivity contribution in [1.29, 1.82) is 0 Å².